The van der Waals surface area contributed by atoms with E-state index in [1.807, 2.05) is 0 Å². The number of nitrogens with one attached hydrogen (secondary N) is 1. The first kappa shape index (κ1) is 19.5. The van der Waals surface area contributed by atoms with E-state index in [9.17, 15) is 18.4 Å². The van der Waals surface area contributed by atoms with Gasteiger partial charge in [-0.25, -0.2) is 18.6 Å². The average molecular weight is 407 g/mol. The van der Waals surface area contributed by atoms with E-state index in [2.05, 4.69) is 15.0 Å². The van der Waals surface area contributed by atoms with Gasteiger partial charge in [-0.05, 0) is 36.4 Å². The van der Waals surface area contributed by atoms with Gasteiger partial charge in [0, 0.05) is 17.1 Å². The van der Waals surface area contributed by atoms with Gasteiger partial charge in [0.05, 0.1) is 17.6 Å². The number of pyridine rings is 1. The number of rotatable bonds is 5. The summed E-state index contributed by atoms with van der Waals surface area (Å²) in [5.74, 6) is -2.34. The summed E-state index contributed by atoms with van der Waals surface area (Å²) in [6, 6.07) is 8.70. The Labute approximate surface area is 163 Å². The van der Waals surface area contributed by atoms with Crippen LogP contribution in [0, 0.1) is 11.6 Å². The molecule has 0 atom stereocenters. The number of carbonyl (C=O) groups excluding carboxylic acids is 2. The van der Waals surface area contributed by atoms with Crippen molar-refractivity contribution in [2.24, 2.45) is 0 Å². The number of methoxy groups -OCH3 is 1. The number of hydrogen-bond donors (Lipinski definition) is 1. The molecule has 0 aliphatic rings. The Bertz CT molecular complexity index is 1080. The highest BCUT2D eigenvalue weighted by Crippen LogP contribution is 2.27. The number of benzene rings is 2. The fourth-order valence-corrected chi connectivity index (χ4v) is 2.59. The van der Waals surface area contributed by atoms with Crippen LogP contribution in [-0.2, 0) is 9.53 Å². The monoisotopic (exact) mass is 406 g/mol. The smallest absolute Gasteiger partial charge is 0.356 e. The molecule has 0 bridgehead atoms. The Hall–Kier alpha value is -3.26. The van der Waals surface area contributed by atoms with Crippen molar-refractivity contribution in [1.29, 1.82) is 0 Å². The number of carbonyl (C=O) groups is 2. The Kier molecular flexibility index (Phi) is 5.70. The van der Waals surface area contributed by atoms with Gasteiger partial charge in [0.1, 0.15) is 17.4 Å². The molecular weight excluding hydrogens is 394 g/mol. The van der Waals surface area contributed by atoms with Gasteiger partial charge in [0.25, 0.3) is 5.91 Å². The molecule has 0 saturated carbocycles. The van der Waals surface area contributed by atoms with Gasteiger partial charge in [-0.2, -0.15) is 0 Å². The topological polar surface area (TPSA) is 77.5 Å². The largest absolute Gasteiger partial charge is 0.483 e. The number of hydrogen-bond acceptors (Lipinski definition) is 5. The molecule has 3 rings (SSSR count). The second kappa shape index (κ2) is 8.18. The summed E-state index contributed by atoms with van der Waals surface area (Å²) >= 11 is 5.67. The van der Waals surface area contributed by atoms with Gasteiger partial charge in [-0.15, -0.1) is 0 Å². The summed E-state index contributed by atoms with van der Waals surface area (Å²) in [5.41, 5.74) is 0.522. The molecule has 6 nitrogen and oxygen atoms in total. The normalized spacial score (nSPS) is 10.6. The van der Waals surface area contributed by atoms with Crippen molar-refractivity contribution in [1.82, 2.24) is 4.98 Å². The van der Waals surface area contributed by atoms with Crippen LogP contribution in [0.2, 0.25) is 5.02 Å². The molecule has 144 valence electrons. The molecule has 0 radical (unpaired) electrons. The van der Waals surface area contributed by atoms with E-state index in [1.165, 1.54) is 43.5 Å². The first-order chi connectivity index (χ1) is 13.4. The third-order valence-electron chi connectivity index (χ3n) is 3.69. The van der Waals surface area contributed by atoms with Gasteiger partial charge in [0.15, 0.2) is 12.3 Å². The predicted octanol–water partition coefficient (Wildman–Crippen LogP) is 3.97. The molecule has 0 fully saturated rings. The minimum atomic E-state index is -0.707. The second-order valence-corrected chi connectivity index (χ2v) is 6.03. The molecule has 0 aliphatic heterocycles. The van der Waals surface area contributed by atoms with E-state index < -0.39 is 30.1 Å². The molecule has 0 saturated heterocycles. The van der Waals surface area contributed by atoms with Crippen molar-refractivity contribution in [2.45, 2.75) is 0 Å². The molecule has 9 heteroatoms. The number of halogens is 3. The van der Waals surface area contributed by atoms with Crippen LogP contribution >= 0.6 is 11.6 Å². The van der Waals surface area contributed by atoms with E-state index in [0.717, 1.165) is 6.07 Å². The highest BCUT2D eigenvalue weighted by atomic mass is 35.5. The van der Waals surface area contributed by atoms with Crippen molar-refractivity contribution < 1.29 is 27.8 Å². The summed E-state index contributed by atoms with van der Waals surface area (Å²) in [6.07, 6.45) is 0. The van der Waals surface area contributed by atoms with Crippen LogP contribution in [0.25, 0.3) is 10.9 Å². The molecule has 1 aromatic heterocycles. The lowest BCUT2D eigenvalue weighted by atomic mass is 10.1. The first-order valence-corrected chi connectivity index (χ1v) is 8.31. The third kappa shape index (κ3) is 4.34. The lowest BCUT2D eigenvalue weighted by Crippen LogP contribution is -2.20. The Morgan fingerprint density at radius 3 is 2.64 bits per heavy atom. The number of fused-ring (bicyclic) bond motifs is 1. The minimum Gasteiger partial charge on any atom is -0.483 e. The Balaban J connectivity index is 1.82. The van der Waals surface area contributed by atoms with Crippen LogP contribution in [0.1, 0.15) is 10.5 Å². The molecule has 0 spiro atoms. The lowest BCUT2D eigenvalue weighted by molar-refractivity contribution is -0.118. The molecule has 1 heterocycles. The molecule has 1 N–H and O–H groups in total. The number of esters is 1. The summed E-state index contributed by atoms with van der Waals surface area (Å²) in [4.78, 5) is 28.0. The standard InChI is InChI=1S/C19H13ClF2N2O4/c1-27-19(26)16-8-17(12-6-10(21)2-5-15(12)24-16)28-9-18(25)23-11-3-4-14(22)13(20)7-11/h2-8H,9H2,1H3,(H,23,25). The summed E-state index contributed by atoms with van der Waals surface area (Å²) in [7, 11) is 1.20. The zero-order valence-corrected chi connectivity index (χ0v) is 15.2. The number of anilines is 1. The van der Waals surface area contributed by atoms with Crippen LogP contribution in [0.3, 0.4) is 0 Å². The van der Waals surface area contributed by atoms with Crippen LogP contribution in [-0.4, -0.2) is 30.6 Å². The molecule has 0 aliphatic carbocycles. The third-order valence-corrected chi connectivity index (χ3v) is 3.98. The first-order valence-electron chi connectivity index (χ1n) is 7.93. The molecular formula is C19H13ClF2N2O4. The average Bonchev–Trinajstić information content (AvgIpc) is 2.68. The maximum Gasteiger partial charge on any atom is 0.356 e. The van der Waals surface area contributed by atoms with Crippen molar-refractivity contribution in [2.75, 3.05) is 19.0 Å². The second-order valence-electron chi connectivity index (χ2n) is 5.62. The van der Waals surface area contributed by atoms with E-state index in [0.29, 0.717) is 5.52 Å². The molecule has 0 unspecified atom stereocenters. The van der Waals surface area contributed by atoms with Gasteiger partial charge in [0.2, 0.25) is 0 Å². The Morgan fingerprint density at radius 1 is 1.14 bits per heavy atom. The van der Waals surface area contributed by atoms with Crippen molar-refractivity contribution in [3.63, 3.8) is 0 Å². The fourth-order valence-electron chi connectivity index (χ4n) is 2.41. The summed E-state index contributed by atoms with van der Waals surface area (Å²) in [6.45, 7) is -0.453. The van der Waals surface area contributed by atoms with E-state index in [1.54, 1.807) is 0 Å². The predicted molar refractivity (Wildman–Crippen MR) is 98.6 cm³/mol. The summed E-state index contributed by atoms with van der Waals surface area (Å²) in [5, 5.41) is 2.63. The quantitative estimate of drug-likeness (QED) is 0.649. The highest BCUT2D eigenvalue weighted by Gasteiger charge is 2.15. The van der Waals surface area contributed by atoms with Crippen LogP contribution in [0.5, 0.6) is 5.75 Å². The van der Waals surface area contributed by atoms with Crippen LogP contribution in [0.15, 0.2) is 42.5 Å². The van der Waals surface area contributed by atoms with Gasteiger partial charge in [-0.3, -0.25) is 4.79 Å². The van der Waals surface area contributed by atoms with Crippen LogP contribution in [0.4, 0.5) is 14.5 Å². The summed E-state index contributed by atoms with van der Waals surface area (Å²) < 4.78 is 36.9. The highest BCUT2D eigenvalue weighted by molar-refractivity contribution is 6.31. The van der Waals surface area contributed by atoms with Crippen LogP contribution < -0.4 is 10.1 Å². The number of ether oxygens (including phenoxy) is 2. The van der Waals surface area contributed by atoms with Gasteiger partial charge in [-0.1, -0.05) is 11.6 Å². The molecule has 3 aromatic rings. The number of aromatic nitrogens is 1. The zero-order valence-electron chi connectivity index (χ0n) is 14.5. The molecule has 2 aromatic carbocycles. The van der Waals surface area contributed by atoms with Crippen molar-refractivity contribution in [3.05, 3.63) is 64.8 Å². The fraction of sp³-hybridized carbons (Fsp3) is 0.105. The van der Waals surface area contributed by atoms with E-state index in [-0.39, 0.29) is 27.5 Å². The van der Waals surface area contributed by atoms with Gasteiger partial charge >= 0.3 is 5.97 Å². The van der Waals surface area contributed by atoms with Crippen molar-refractivity contribution >= 4 is 40.1 Å². The number of nitrogens with zero attached hydrogens (tertiary/aromatic N) is 1. The van der Waals surface area contributed by atoms with Crippen molar-refractivity contribution in [3.8, 4) is 5.75 Å². The number of amides is 1. The van der Waals surface area contributed by atoms with Gasteiger partial charge < -0.3 is 14.8 Å². The van der Waals surface area contributed by atoms with E-state index >= 15 is 0 Å². The van der Waals surface area contributed by atoms with E-state index in [4.69, 9.17) is 16.3 Å². The maximum atomic E-state index is 13.6. The molecule has 28 heavy (non-hydrogen) atoms. The SMILES string of the molecule is COC(=O)c1cc(OCC(=O)Nc2ccc(F)c(Cl)c2)c2cc(F)ccc2n1. The molecule has 1 amide bonds. The zero-order chi connectivity index (χ0) is 20.3. The minimum absolute atomic E-state index is 0.0534. The lowest BCUT2D eigenvalue weighted by Gasteiger charge is -2.11. The Morgan fingerprint density at radius 2 is 1.93 bits per heavy atom. The maximum absolute atomic E-state index is 13.6.